The molecule has 1 N–H and O–H groups in total. The number of aryl methyl sites for hydroxylation is 1. The number of hydrogen-bond donors (Lipinski definition) is 1. The highest BCUT2D eigenvalue weighted by Gasteiger charge is 2.41. The Balaban J connectivity index is 1.64. The molecule has 5 nitrogen and oxygen atoms in total. The van der Waals surface area contributed by atoms with E-state index < -0.39 is 0 Å². The Morgan fingerprint density at radius 3 is 2.69 bits per heavy atom. The molecule has 0 unspecified atom stereocenters. The predicted molar refractivity (Wildman–Crippen MR) is 101 cm³/mol. The van der Waals surface area contributed by atoms with E-state index in [9.17, 15) is 9.59 Å². The number of piperidine rings is 2. The summed E-state index contributed by atoms with van der Waals surface area (Å²) in [6.45, 7) is 4.84. The van der Waals surface area contributed by atoms with E-state index in [1.165, 1.54) is 0 Å². The van der Waals surface area contributed by atoms with Crippen molar-refractivity contribution in [3.63, 3.8) is 0 Å². The number of nitrogens with zero attached hydrogens (tertiary/aromatic N) is 2. The normalized spacial score (nSPS) is 19.9. The molecule has 2 amide bonds. The van der Waals surface area contributed by atoms with Crippen LogP contribution in [-0.4, -0.2) is 59.5 Å². The summed E-state index contributed by atoms with van der Waals surface area (Å²) < 4.78 is 0. The molecule has 0 bridgehead atoms. The SMILES string of the molecule is Cc1ccc(Cl)c(C(=O)N2CCC3(CCC(=O)N(CCCO)C3)CC2)c1. The Labute approximate surface area is 159 Å². The van der Waals surface area contributed by atoms with Crippen LogP contribution in [0.15, 0.2) is 18.2 Å². The van der Waals surface area contributed by atoms with Gasteiger partial charge in [-0.3, -0.25) is 9.59 Å². The van der Waals surface area contributed by atoms with Gasteiger partial charge in [0.05, 0.1) is 10.6 Å². The molecule has 0 saturated carbocycles. The molecular weight excluding hydrogens is 352 g/mol. The van der Waals surface area contributed by atoms with Crippen LogP contribution in [0.4, 0.5) is 0 Å². The lowest BCUT2D eigenvalue weighted by atomic mass is 9.72. The molecular formula is C20H27ClN2O3. The topological polar surface area (TPSA) is 60.9 Å². The first kappa shape index (κ1) is 19.2. The van der Waals surface area contributed by atoms with E-state index in [0.717, 1.165) is 31.4 Å². The molecule has 26 heavy (non-hydrogen) atoms. The van der Waals surface area contributed by atoms with Gasteiger partial charge in [0.15, 0.2) is 0 Å². The number of benzene rings is 1. The average Bonchev–Trinajstić information content (AvgIpc) is 2.65. The third-order valence-electron chi connectivity index (χ3n) is 5.80. The first-order chi connectivity index (χ1) is 12.4. The summed E-state index contributed by atoms with van der Waals surface area (Å²) in [6, 6.07) is 5.54. The molecule has 2 aliphatic rings. The Bertz CT molecular complexity index is 684. The Kier molecular flexibility index (Phi) is 5.88. The second-order valence-electron chi connectivity index (χ2n) is 7.67. The lowest BCUT2D eigenvalue weighted by Gasteiger charge is -2.47. The van der Waals surface area contributed by atoms with Gasteiger partial charge in [-0.1, -0.05) is 23.2 Å². The van der Waals surface area contributed by atoms with Crippen LogP contribution in [0.25, 0.3) is 0 Å². The van der Waals surface area contributed by atoms with Crippen molar-refractivity contribution in [1.82, 2.24) is 9.80 Å². The van der Waals surface area contributed by atoms with Gasteiger partial charge >= 0.3 is 0 Å². The van der Waals surface area contributed by atoms with E-state index in [2.05, 4.69) is 0 Å². The van der Waals surface area contributed by atoms with Gasteiger partial charge in [0.1, 0.15) is 0 Å². The highest BCUT2D eigenvalue weighted by Crippen LogP contribution is 2.40. The molecule has 0 aliphatic carbocycles. The number of amides is 2. The van der Waals surface area contributed by atoms with Gasteiger partial charge in [-0.2, -0.15) is 0 Å². The highest BCUT2D eigenvalue weighted by molar-refractivity contribution is 6.33. The van der Waals surface area contributed by atoms with Crippen molar-refractivity contribution in [2.75, 3.05) is 32.8 Å². The van der Waals surface area contributed by atoms with Crippen LogP contribution in [0.1, 0.15) is 48.0 Å². The van der Waals surface area contributed by atoms with Gasteiger partial charge in [0.2, 0.25) is 5.91 Å². The number of carbonyl (C=O) groups excluding carboxylic acids is 2. The Morgan fingerprint density at radius 1 is 1.27 bits per heavy atom. The molecule has 2 heterocycles. The van der Waals surface area contributed by atoms with Crippen molar-refractivity contribution in [3.05, 3.63) is 34.3 Å². The fourth-order valence-corrected chi connectivity index (χ4v) is 4.33. The van der Waals surface area contributed by atoms with Gasteiger partial charge in [-0.15, -0.1) is 0 Å². The number of likely N-dealkylation sites (tertiary alicyclic amines) is 2. The zero-order chi connectivity index (χ0) is 18.7. The monoisotopic (exact) mass is 378 g/mol. The molecule has 2 fully saturated rings. The maximum absolute atomic E-state index is 12.9. The van der Waals surface area contributed by atoms with Crippen LogP contribution in [0.3, 0.4) is 0 Å². The molecule has 1 spiro atoms. The number of halogens is 1. The van der Waals surface area contributed by atoms with Gasteiger partial charge in [0, 0.05) is 39.2 Å². The molecule has 1 aromatic carbocycles. The van der Waals surface area contributed by atoms with Crippen LogP contribution < -0.4 is 0 Å². The quantitative estimate of drug-likeness (QED) is 0.876. The molecule has 6 heteroatoms. The minimum atomic E-state index is -0.00225. The van der Waals surface area contributed by atoms with Crippen LogP contribution in [0.2, 0.25) is 5.02 Å². The van der Waals surface area contributed by atoms with Crippen LogP contribution in [0, 0.1) is 12.3 Å². The Morgan fingerprint density at radius 2 is 2.00 bits per heavy atom. The zero-order valence-electron chi connectivity index (χ0n) is 15.3. The largest absolute Gasteiger partial charge is 0.396 e. The first-order valence-corrected chi connectivity index (χ1v) is 9.76. The van der Waals surface area contributed by atoms with Crippen molar-refractivity contribution < 1.29 is 14.7 Å². The number of rotatable bonds is 4. The summed E-state index contributed by atoms with van der Waals surface area (Å²) >= 11 is 6.22. The summed E-state index contributed by atoms with van der Waals surface area (Å²) in [6.07, 6.45) is 3.91. The fourth-order valence-electron chi connectivity index (χ4n) is 4.13. The van der Waals surface area contributed by atoms with Crippen molar-refractivity contribution >= 4 is 23.4 Å². The molecule has 0 radical (unpaired) electrons. The van der Waals surface area contributed by atoms with Crippen LogP contribution in [-0.2, 0) is 4.79 Å². The van der Waals surface area contributed by atoms with Gasteiger partial charge in [0.25, 0.3) is 5.91 Å². The molecule has 2 aliphatic heterocycles. The number of aliphatic hydroxyl groups is 1. The molecule has 1 aromatic rings. The summed E-state index contributed by atoms with van der Waals surface area (Å²) in [5.41, 5.74) is 1.71. The Hall–Kier alpha value is -1.59. The predicted octanol–water partition coefficient (Wildman–Crippen LogP) is 2.88. The van der Waals surface area contributed by atoms with E-state index in [0.29, 0.717) is 43.1 Å². The number of hydrogen-bond acceptors (Lipinski definition) is 3. The minimum Gasteiger partial charge on any atom is -0.396 e. The van der Waals surface area contributed by atoms with Gasteiger partial charge < -0.3 is 14.9 Å². The highest BCUT2D eigenvalue weighted by atomic mass is 35.5. The van der Waals surface area contributed by atoms with Crippen molar-refractivity contribution in [3.8, 4) is 0 Å². The number of aliphatic hydroxyl groups excluding tert-OH is 1. The van der Waals surface area contributed by atoms with E-state index in [-0.39, 0.29) is 23.8 Å². The van der Waals surface area contributed by atoms with Gasteiger partial charge in [-0.25, -0.2) is 0 Å². The molecule has 0 atom stereocenters. The van der Waals surface area contributed by atoms with Gasteiger partial charge in [-0.05, 0) is 50.2 Å². The minimum absolute atomic E-state index is 0.00225. The zero-order valence-corrected chi connectivity index (χ0v) is 16.1. The summed E-state index contributed by atoms with van der Waals surface area (Å²) in [7, 11) is 0. The summed E-state index contributed by atoms with van der Waals surface area (Å²) in [4.78, 5) is 28.8. The van der Waals surface area contributed by atoms with E-state index >= 15 is 0 Å². The molecule has 2 saturated heterocycles. The fraction of sp³-hybridized carbons (Fsp3) is 0.600. The maximum atomic E-state index is 12.9. The van der Waals surface area contributed by atoms with Crippen LogP contribution >= 0.6 is 11.6 Å². The lowest BCUT2D eigenvalue weighted by Crippen LogP contribution is -2.52. The third kappa shape index (κ3) is 4.04. The molecule has 3 rings (SSSR count). The third-order valence-corrected chi connectivity index (χ3v) is 6.13. The first-order valence-electron chi connectivity index (χ1n) is 9.38. The van der Waals surface area contributed by atoms with Crippen molar-refractivity contribution in [2.24, 2.45) is 5.41 Å². The lowest BCUT2D eigenvalue weighted by molar-refractivity contribution is -0.139. The van der Waals surface area contributed by atoms with Crippen molar-refractivity contribution in [1.29, 1.82) is 0 Å². The second kappa shape index (κ2) is 7.97. The summed E-state index contributed by atoms with van der Waals surface area (Å²) in [5, 5.41) is 9.54. The van der Waals surface area contributed by atoms with Crippen molar-refractivity contribution in [2.45, 2.75) is 39.0 Å². The second-order valence-corrected chi connectivity index (χ2v) is 8.08. The standard InChI is InChI=1S/C20H27ClN2O3/c1-15-3-4-17(21)16(13-15)19(26)22-10-7-20(8-11-22)6-5-18(25)23(14-20)9-2-12-24/h3-4,13,24H,2,5-12,14H2,1H3. The van der Waals surface area contributed by atoms with E-state index in [4.69, 9.17) is 16.7 Å². The maximum Gasteiger partial charge on any atom is 0.255 e. The molecule has 142 valence electrons. The smallest absolute Gasteiger partial charge is 0.255 e. The van der Waals surface area contributed by atoms with E-state index in [1.54, 1.807) is 6.07 Å². The number of carbonyl (C=O) groups is 2. The average molecular weight is 379 g/mol. The van der Waals surface area contributed by atoms with Crippen LogP contribution in [0.5, 0.6) is 0 Å². The molecule has 0 aromatic heterocycles. The summed E-state index contributed by atoms with van der Waals surface area (Å²) in [5.74, 6) is 0.187. The van der Waals surface area contributed by atoms with E-state index in [1.807, 2.05) is 28.9 Å².